The molecule has 30 heavy (non-hydrogen) atoms. The molecule has 1 aliphatic rings. The number of aromatic nitrogens is 1. The fraction of sp³-hybridized carbons (Fsp3) is 0.261. The topological polar surface area (TPSA) is 68.3 Å². The Bertz CT molecular complexity index is 1140. The molecule has 1 N–H and O–H groups in total. The number of benzene rings is 2. The number of anilines is 1. The maximum atomic E-state index is 13.0. The second kappa shape index (κ2) is 8.86. The first-order chi connectivity index (χ1) is 14.4. The van der Waals surface area contributed by atoms with E-state index in [0.29, 0.717) is 11.3 Å². The molecule has 0 spiro atoms. The number of fused-ring (bicyclic) bond motifs is 2. The first kappa shape index (κ1) is 21.0. The molecule has 5 nitrogen and oxygen atoms in total. The summed E-state index contributed by atoms with van der Waals surface area (Å²) in [7, 11) is 0. The Hall–Kier alpha value is -2.25. The van der Waals surface area contributed by atoms with Crippen molar-refractivity contribution in [3.63, 3.8) is 0 Å². The van der Waals surface area contributed by atoms with E-state index >= 15 is 0 Å². The van der Waals surface area contributed by atoms with Gasteiger partial charge in [0, 0.05) is 20.0 Å². The van der Waals surface area contributed by atoms with Crippen molar-refractivity contribution in [2.24, 2.45) is 0 Å². The van der Waals surface area contributed by atoms with Crippen molar-refractivity contribution in [1.82, 2.24) is 4.98 Å². The molecule has 0 atom stereocenters. The van der Waals surface area contributed by atoms with Crippen molar-refractivity contribution in [2.45, 2.75) is 32.6 Å². The van der Waals surface area contributed by atoms with Gasteiger partial charge in [-0.05, 0) is 93.8 Å². The lowest BCUT2D eigenvalue weighted by atomic mass is 9.90. The summed E-state index contributed by atoms with van der Waals surface area (Å²) in [4.78, 5) is 30.2. The van der Waals surface area contributed by atoms with Gasteiger partial charge in [-0.15, -0.1) is 0 Å². The summed E-state index contributed by atoms with van der Waals surface area (Å²) in [5.41, 5.74) is 4.89. The van der Waals surface area contributed by atoms with E-state index in [1.807, 2.05) is 43.3 Å². The maximum absolute atomic E-state index is 13.0. The highest BCUT2D eigenvalue weighted by Crippen LogP contribution is 2.32. The van der Waals surface area contributed by atoms with Crippen LogP contribution in [0.25, 0.3) is 10.9 Å². The standard InChI is InChI=1S/C23H20Br2N2O3/c1-13-10-16(24)22(17(25)11-13)27-20(28)12-30-23(29)21-14-6-2-4-8-18(14)26-19-9-5-3-7-15(19)21/h2,4,6,8,10-11H,3,5,7,9,12H2,1H3,(H,27,28). The molecule has 1 aromatic heterocycles. The molecule has 4 rings (SSSR count). The Labute approximate surface area is 191 Å². The zero-order chi connectivity index (χ0) is 21.3. The molecule has 0 fully saturated rings. The van der Waals surface area contributed by atoms with E-state index in [0.717, 1.165) is 62.4 Å². The van der Waals surface area contributed by atoms with Crippen LogP contribution in [0.4, 0.5) is 5.69 Å². The lowest BCUT2D eigenvalue weighted by Gasteiger charge is -2.20. The van der Waals surface area contributed by atoms with Gasteiger partial charge in [-0.1, -0.05) is 18.2 Å². The average molecular weight is 532 g/mol. The SMILES string of the molecule is Cc1cc(Br)c(NC(=O)COC(=O)c2c3c(nc4ccccc24)CCCC3)c(Br)c1. The number of halogens is 2. The maximum Gasteiger partial charge on any atom is 0.339 e. The molecular formula is C23H20Br2N2O3. The Morgan fingerprint density at radius 2 is 1.80 bits per heavy atom. The van der Waals surface area contributed by atoms with Gasteiger partial charge in [0.1, 0.15) is 0 Å². The van der Waals surface area contributed by atoms with E-state index in [4.69, 9.17) is 9.72 Å². The molecule has 1 heterocycles. The summed E-state index contributed by atoms with van der Waals surface area (Å²) in [6, 6.07) is 11.4. The van der Waals surface area contributed by atoms with Crippen LogP contribution < -0.4 is 5.32 Å². The van der Waals surface area contributed by atoms with Crippen molar-refractivity contribution in [2.75, 3.05) is 11.9 Å². The molecule has 7 heteroatoms. The van der Waals surface area contributed by atoms with Crippen molar-refractivity contribution in [1.29, 1.82) is 0 Å². The van der Waals surface area contributed by atoms with E-state index in [-0.39, 0.29) is 6.61 Å². The van der Waals surface area contributed by atoms with Crippen LogP contribution in [0.15, 0.2) is 45.3 Å². The van der Waals surface area contributed by atoms with Crippen molar-refractivity contribution in [3.8, 4) is 0 Å². The van der Waals surface area contributed by atoms with Crippen molar-refractivity contribution >= 4 is 60.3 Å². The summed E-state index contributed by atoms with van der Waals surface area (Å²) in [6.07, 6.45) is 3.74. The van der Waals surface area contributed by atoms with Gasteiger partial charge in [0.05, 0.1) is 16.8 Å². The Morgan fingerprint density at radius 1 is 1.10 bits per heavy atom. The van der Waals surface area contributed by atoms with Gasteiger partial charge in [-0.2, -0.15) is 0 Å². The normalized spacial score (nSPS) is 13.0. The molecule has 154 valence electrons. The second-order valence-corrected chi connectivity index (χ2v) is 9.07. The van der Waals surface area contributed by atoms with Gasteiger partial charge in [0.2, 0.25) is 0 Å². The van der Waals surface area contributed by atoms with Crippen LogP contribution in [-0.2, 0) is 22.4 Å². The molecule has 1 amide bonds. The summed E-state index contributed by atoms with van der Waals surface area (Å²) >= 11 is 6.90. The van der Waals surface area contributed by atoms with E-state index in [1.165, 1.54) is 0 Å². The number of nitrogens with one attached hydrogen (secondary N) is 1. The van der Waals surface area contributed by atoms with Crippen LogP contribution in [0.3, 0.4) is 0 Å². The monoisotopic (exact) mass is 530 g/mol. The number of hydrogen-bond donors (Lipinski definition) is 1. The molecular weight excluding hydrogens is 512 g/mol. The number of hydrogen-bond acceptors (Lipinski definition) is 4. The predicted molar refractivity (Wildman–Crippen MR) is 124 cm³/mol. The molecule has 0 unspecified atom stereocenters. The lowest BCUT2D eigenvalue weighted by Crippen LogP contribution is -2.23. The molecule has 2 aromatic carbocycles. The summed E-state index contributed by atoms with van der Waals surface area (Å²) in [5.74, 6) is -0.884. The zero-order valence-electron chi connectivity index (χ0n) is 16.4. The number of esters is 1. The Kier molecular flexibility index (Phi) is 6.20. The zero-order valence-corrected chi connectivity index (χ0v) is 19.6. The predicted octanol–water partition coefficient (Wildman–Crippen LogP) is 5.74. The number of nitrogens with zero attached hydrogens (tertiary/aromatic N) is 1. The second-order valence-electron chi connectivity index (χ2n) is 7.36. The third-order valence-corrected chi connectivity index (χ3v) is 6.41. The molecule has 0 bridgehead atoms. The average Bonchev–Trinajstić information content (AvgIpc) is 2.72. The van der Waals surface area contributed by atoms with Gasteiger partial charge in [-0.3, -0.25) is 9.78 Å². The number of carbonyl (C=O) groups is 2. The number of pyridine rings is 1. The van der Waals surface area contributed by atoms with E-state index in [9.17, 15) is 9.59 Å². The van der Waals surface area contributed by atoms with E-state index in [1.54, 1.807) is 0 Å². The quantitative estimate of drug-likeness (QED) is 0.436. The van der Waals surface area contributed by atoms with Crippen molar-refractivity contribution in [3.05, 3.63) is 67.7 Å². The number of carbonyl (C=O) groups excluding carboxylic acids is 2. The summed E-state index contributed by atoms with van der Waals surface area (Å²) < 4.78 is 6.94. The fourth-order valence-electron chi connectivity index (χ4n) is 3.80. The van der Waals surface area contributed by atoms with Crippen LogP contribution in [0.1, 0.15) is 40.0 Å². The summed E-state index contributed by atoms with van der Waals surface area (Å²) in [5, 5.41) is 3.56. The first-order valence-corrected chi connectivity index (χ1v) is 11.4. The molecule has 0 radical (unpaired) electrons. The highest BCUT2D eigenvalue weighted by atomic mass is 79.9. The highest BCUT2D eigenvalue weighted by molar-refractivity contribution is 9.11. The smallest absolute Gasteiger partial charge is 0.339 e. The third-order valence-electron chi connectivity index (χ3n) is 5.16. The van der Waals surface area contributed by atoms with Crippen molar-refractivity contribution < 1.29 is 14.3 Å². The lowest BCUT2D eigenvalue weighted by molar-refractivity contribution is -0.119. The minimum Gasteiger partial charge on any atom is -0.452 e. The first-order valence-electron chi connectivity index (χ1n) is 9.77. The number of para-hydroxylation sites is 1. The van der Waals surface area contributed by atoms with Crippen LogP contribution in [0, 0.1) is 6.92 Å². The van der Waals surface area contributed by atoms with Crippen LogP contribution in [0.2, 0.25) is 0 Å². The van der Waals surface area contributed by atoms with Crippen LogP contribution >= 0.6 is 31.9 Å². The Balaban J connectivity index is 1.55. The van der Waals surface area contributed by atoms with Gasteiger partial charge >= 0.3 is 5.97 Å². The van der Waals surface area contributed by atoms with Gasteiger partial charge in [0.15, 0.2) is 6.61 Å². The third kappa shape index (κ3) is 4.27. The minimum absolute atomic E-state index is 0.364. The number of aryl methyl sites for hydroxylation is 2. The number of ether oxygens (including phenoxy) is 1. The largest absolute Gasteiger partial charge is 0.452 e. The number of amides is 1. The highest BCUT2D eigenvalue weighted by Gasteiger charge is 2.24. The fourth-order valence-corrected chi connectivity index (χ4v) is 5.42. The van der Waals surface area contributed by atoms with Crippen LogP contribution in [-0.4, -0.2) is 23.5 Å². The molecule has 0 saturated heterocycles. The van der Waals surface area contributed by atoms with Crippen LogP contribution in [0.5, 0.6) is 0 Å². The molecule has 0 saturated carbocycles. The molecule has 3 aromatic rings. The molecule has 1 aliphatic carbocycles. The summed E-state index contributed by atoms with van der Waals surface area (Å²) in [6.45, 7) is 1.60. The van der Waals surface area contributed by atoms with Gasteiger partial charge < -0.3 is 10.1 Å². The van der Waals surface area contributed by atoms with E-state index < -0.39 is 11.9 Å². The van der Waals surface area contributed by atoms with Gasteiger partial charge in [0.25, 0.3) is 5.91 Å². The minimum atomic E-state index is -0.482. The number of rotatable bonds is 4. The van der Waals surface area contributed by atoms with E-state index in [2.05, 4.69) is 37.2 Å². The Morgan fingerprint density at radius 3 is 2.57 bits per heavy atom. The van der Waals surface area contributed by atoms with Gasteiger partial charge in [-0.25, -0.2) is 4.79 Å². The molecule has 0 aliphatic heterocycles.